The highest BCUT2D eigenvalue weighted by atomic mass is 28.4. The number of imidazole rings is 1. The summed E-state index contributed by atoms with van der Waals surface area (Å²) in [4.78, 5) is 37.1. The Hall–Kier alpha value is -6.20. The van der Waals surface area contributed by atoms with E-state index in [4.69, 9.17) is 28.1 Å². The third-order valence-corrected chi connectivity index (χ3v) is 17.5. The zero-order valence-electron chi connectivity index (χ0n) is 37.5. The van der Waals surface area contributed by atoms with Gasteiger partial charge >= 0.3 is 6.09 Å². The van der Waals surface area contributed by atoms with Crippen molar-refractivity contribution in [3.8, 4) is 11.5 Å². The minimum Gasteiger partial charge on any atom is -0.497 e. The van der Waals surface area contributed by atoms with Crippen molar-refractivity contribution in [3.05, 3.63) is 148 Å². The van der Waals surface area contributed by atoms with Gasteiger partial charge in [-0.25, -0.2) is 19.7 Å². The van der Waals surface area contributed by atoms with Crippen LogP contribution in [0.3, 0.4) is 0 Å². The summed E-state index contributed by atoms with van der Waals surface area (Å²) in [7, 11) is 0.960. The number of benzene rings is 4. The van der Waals surface area contributed by atoms with Gasteiger partial charge in [-0.2, -0.15) is 0 Å². The molecule has 3 atom stereocenters. The zero-order chi connectivity index (χ0) is 45.6. The fourth-order valence-electron chi connectivity index (χ4n) is 7.91. The van der Waals surface area contributed by atoms with Crippen molar-refractivity contribution in [1.29, 1.82) is 0 Å². The maximum atomic E-state index is 13.0. The number of carbonyl (C=O) groups excluding carboxylic acids is 1. The Balaban J connectivity index is 1.22. The third-order valence-electron chi connectivity index (χ3n) is 12.9. The number of anilines is 1. The molecule has 7 rings (SSSR count). The quantitative estimate of drug-likeness (QED) is 0.0375. The summed E-state index contributed by atoms with van der Waals surface area (Å²) in [6.45, 7) is 13.9. The average Bonchev–Trinajstić information content (AvgIpc) is 3.92. The Morgan fingerprint density at radius 3 is 2.08 bits per heavy atom. The lowest BCUT2D eigenvalue weighted by Gasteiger charge is -2.43. The second-order valence-electron chi connectivity index (χ2n) is 17.2. The van der Waals surface area contributed by atoms with Crippen LogP contribution in [0.25, 0.3) is 11.2 Å². The summed E-state index contributed by atoms with van der Waals surface area (Å²) in [5, 5.41) is 13.7. The largest absolute Gasteiger partial charge is 0.497 e. The number of methoxy groups -OCH3 is 2. The summed E-state index contributed by atoms with van der Waals surface area (Å²) in [6, 6.07) is 32.1. The number of carbonyl (C=O) groups is 1. The number of non-ortho nitro benzene ring substituents is 1. The van der Waals surface area contributed by atoms with Gasteiger partial charge in [0.05, 0.1) is 44.8 Å². The first-order valence-electron chi connectivity index (χ1n) is 21.3. The van der Waals surface area contributed by atoms with Crippen LogP contribution in [0, 0.1) is 16.0 Å². The molecule has 0 unspecified atom stereocenters. The van der Waals surface area contributed by atoms with Crippen molar-refractivity contribution in [1.82, 2.24) is 19.5 Å². The number of rotatable bonds is 18. The molecule has 6 aromatic rings. The van der Waals surface area contributed by atoms with Gasteiger partial charge in [-0.05, 0) is 70.6 Å². The minimum absolute atomic E-state index is 0.0109. The van der Waals surface area contributed by atoms with Gasteiger partial charge in [0.2, 0.25) is 0 Å². The van der Waals surface area contributed by atoms with Crippen molar-refractivity contribution in [2.24, 2.45) is 5.92 Å². The molecule has 0 radical (unpaired) electrons. The van der Waals surface area contributed by atoms with Crippen LogP contribution >= 0.6 is 0 Å². The molecule has 0 bridgehead atoms. The summed E-state index contributed by atoms with van der Waals surface area (Å²) in [5.41, 5.74) is 3.13. The predicted molar refractivity (Wildman–Crippen MR) is 245 cm³/mol. The Kier molecular flexibility index (Phi) is 13.8. The first-order chi connectivity index (χ1) is 30.7. The molecule has 15 nitrogen and oxygen atoms in total. The molecule has 1 aliphatic rings. The second kappa shape index (κ2) is 19.3. The molecule has 336 valence electrons. The highest BCUT2D eigenvalue weighted by Crippen LogP contribution is 2.48. The lowest BCUT2D eigenvalue weighted by molar-refractivity contribution is -0.384. The van der Waals surface area contributed by atoms with Gasteiger partial charge in [0.25, 0.3) is 5.69 Å². The number of hydrogen-bond donors (Lipinski definition) is 1. The van der Waals surface area contributed by atoms with Crippen molar-refractivity contribution >= 4 is 37.1 Å². The lowest BCUT2D eigenvalue weighted by Crippen LogP contribution is -2.48. The van der Waals surface area contributed by atoms with Gasteiger partial charge in [0, 0.05) is 25.0 Å². The SMILES string of the molecule is COc1ccc(C(O[C@H]2C[C@H](n3cnc4c(NC(=O)OCCc5ccc([N+](=O)[O-])cc5)ncnc43)O[C@@H]2CO[Si](C)(C)C(C)(C)C(C)C)(c2ccccc2)c2ccc(OC)cc2)cc1. The normalized spacial score (nSPS) is 16.8. The highest BCUT2D eigenvalue weighted by Gasteiger charge is 2.49. The molecular formula is C48H56N6O9Si. The number of amides is 1. The highest BCUT2D eigenvalue weighted by molar-refractivity contribution is 6.74. The molecule has 64 heavy (non-hydrogen) atoms. The van der Waals surface area contributed by atoms with Gasteiger partial charge in [-0.3, -0.25) is 20.0 Å². The van der Waals surface area contributed by atoms with Crippen LogP contribution in [0.4, 0.5) is 16.3 Å². The van der Waals surface area contributed by atoms with E-state index in [0.29, 0.717) is 41.4 Å². The van der Waals surface area contributed by atoms with E-state index in [-0.39, 0.29) is 29.8 Å². The van der Waals surface area contributed by atoms with E-state index in [1.165, 1.54) is 18.5 Å². The number of nitro groups is 1. The molecule has 0 spiro atoms. The Bertz CT molecular complexity index is 2470. The molecule has 4 aromatic carbocycles. The predicted octanol–water partition coefficient (Wildman–Crippen LogP) is 9.87. The van der Waals surface area contributed by atoms with E-state index < -0.39 is 43.4 Å². The maximum Gasteiger partial charge on any atom is 0.412 e. The van der Waals surface area contributed by atoms with Crippen LogP contribution in [-0.4, -0.2) is 78.5 Å². The number of fused-ring (bicyclic) bond motifs is 1. The summed E-state index contributed by atoms with van der Waals surface area (Å²) in [6.07, 6.45) is 1.37. The molecule has 16 heteroatoms. The molecule has 0 aliphatic carbocycles. The fraction of sp³-hybridized carbons (Fsp3) is 0.375. The van der Waals surface area contributed by atoms with Crippen LogP contribution < -0.4 is 14.8 Å². The van der Waals surface area contributed by atoms with E-state index in [2.05, 4.69) is 73.2 Å². The smallest absolute Gasteiger partial charge is 0.412 e. The second-order valence-corrected chi connectivity index (χ2v) is 21.8. The van der Waals surface area contributed by atoms with Gasteiger partial charge in [-0.15, -0.1) is 0 Å². The first kappa shape index (κ1) is 45.8. The minimum atomic E-state index is -2.33. The van der Waals surface area contributed by atoms with Crippen molar-refractivity contribution in [3.63, 3.8) is 0 Å². The molecule has 1 aliphatic heterocycles. The van der Waals surface area contributed by atoms with E-state index in [1.807, 2.05) is 71.3 Å². The van der Waals surface area contributed by atoms with E-state index >= 15 is 0 Å². The summed E-state index contributed by atoms with van der Waals surface area (Å²) < 4.78 is 40.2. The maximum absolute atomic E-state index is 13.0. The van der Waals surface area contributed by atoms with Crippen LogP contribution in [0.15, 0.2) is 116 Å². The molecule has 0 saturated carbocycles. The third kappa shape index (κ3) is 9.50. The standard InChI is InChI=1S/C48H56N6O9Si/c1-32(2)47(3,4)64(7,8)61-29-41-40(63-48(34-12-10-9-11-13-34,35-16-22-38(58-5)23-17-35)36-18-24-39(59-6)25-19-36)28-42(62-41)53-31-51-43-44(49-30-50-45(43)53)52-46(55)60-27-26-33-14-20-37(21-15-33)54(56)57/h9-25,30-32,40-42H,26-29H2,1-8H3,(H,49,50,52,55)/t40-,41+,42+/m0/s1. The van der Waals surface area contributed by atoms with Crippen molar-refractivity contribution in [2.45, 2.75) is 82.7 Å². The molecule has 1 fully saturated rings. The summed E-state index contributed by atoms with van der Waals surface area (Å²) in [5.74, 6) is 1.99. The topological polar surface area (TPSA) is 171 Å². The van der Waals surface area contributed by atoms with Crippen molar-refractivity contribution in [2.75, 3.05) is 32.8 Å². The number of hydrogen-bond acceptors (Lipinski definition) is 12. The van der Waals surface area contributed by atoms with Gasteiger partial charge in [0.15, 0.2) is 25.3 Å². The monoisotopic (exact) mass is 888 g/mol. The van der Waals surface area contributed by atoms with E-state index in [1.54, 1.807) is 32.7 Å². The van der Waals surface area contributed by atoms with Crippen LogP contribution in [0.2, 0.25) is 18.1 Å². The van der Waals surface area contributed by atoms with E-state index in [9.17, 15) is 14.9 Å². The Labute approximate surface area is 374 Å². The molecular weight excluding hydrogens is 833 g/mol. The molecule has 2 aromatic heterocycles. The Morgan fingerprint density at radius 1 is 0.891 bits per heavy atom. The number of aromatic nitrogens is 4. The Morgan fingerprint density at radius 2 is 1.50 bits per heavy atom. The first-order valence-corrected chi connectivity index (χ1v) is 24.2. The van der Waals surface area contributed by atoms with Crippen molar-refractivity contribution < 1.29 is 37.8 Å². The number of nitrogens with one attached hydrogen (secondary N) is 1. The van der Waals surface area contributed by atoms with Gasteiger partial charge in [-0.1, -0.05) is 94.4 Å². The molecule has 3 heterocycles. The summed E-state index contributed by atoms with van der Waals surface area (Å²) >= 11 is 0. The fourth-order valence-corrected chi connectivity index (χ4v) is 10.2. The van der Waals surface area contributed by atoms with Gasteiger partial charge < -0.3 is 28.1 Å². The average molecular weight is 889 g/mol. The number of ether oxygens (including phenoxy) is 5. The number of nitro benzene ring substituents is 1. The van der Waals surface area contributed by atoms with Crippen LogP contribution in [0.1, 0.15) is 62.6 Å². The van der Waals surface area contributed by atoms with Crippen LogP contribution in [-0.2, 0) is 30.7 Å². The lowest BCUT2D eigenvalue weighted by atomic mass is 9.79. The molecule has 1 amide bonds. The molecule has 1 N–H and O–H groups in total. The van der Waals surface area contributed by atoms with Crippen LogP contribution in [0.5, 0.6) is 11.5 Å². The zero-order valence-corrected chi connectivity index (χ0v) is 38.5. The molecule has 1 saturated heterocycles. The van der Waals surface area contributed by atoms with E-state index in [0.717, 1.165) is 22.3 Å². The number of nitrogens with zero attached hydrogens (tertiary/aromatic N) is 5. The van der Waals surface area contributed by atoms with Gasteiger partial charge in [0.1, 0.15) is 35.8 Å².